The van der Waals surface area contributed by atoms with Crippen LogP contribution in [0.2, 0.25) is 0 Å². The van der Waals surface area contributed by atoms with Crippen LogP contribution in [0.5, 0.6) is 0 Å². The van der Waals surface area contributed by atoms with Crippen molar-refractivity contribution in [2.45, 2.75) is 51.5 Å². The molecule has 0 bridgehead atoms. The van der Waals surface area contributed by atoms with Gasteiger partial charge in [0.1, 0.15) is 6.04 Å². The first kappa shape index (κ1) is 19.4. The highest BCUT2D eigenvalue weighted by Gasteiger charge is 2.26. The number of fused-ring (bicyclic) bond motifs is 3. The minimum absolute atomic E-state index is 0.0346. The van der Waals surface area contributed by atoms with E-state index in [9.17, 15) is 4.79 Å². The molecule has 1 atom stereocenters. The summed E-state index contributed by atoms with van der Waals surface area (Å²) in [6.45, 7) is 6.72. The van der Waals surface area contributed by atoms with Crippen molar-refractivity contribution in [3.63, 3.8) is 0 Å². The summed E-state index contributed by atoms with van der Waals surface area (Å²) in [6, 6.07) is 7.30. The van der Waals surface area contributed by atoms with Crippen molar-refractivity contribution in [1.29, 1.82) is 0 Å². The Balaban J connectivity index is 1.63. The maximum Gasteiger partial charge on any atom is 0.297 e. The topological polar surface area (TPSA) is 123 Å². The molecule has 10 heteroatoms. The lowest BCUT2D eigenvalue weighted by Crippen LogP contribution is -2.38. The number of anilines is 1. The molecule has 1 amide bonds. The summed E-state index contributed by atoms with van der Waals surface area (Å²) in [4.78, 5) is 26.3. The van der Waals surface area contributed by atoms with Crippen LogP contribution in [0.3, 0.4) is 0 Å². The SMILES string of the molecule is CC(C)(C)c1noc(-c2nc3c4ccccc4nc(N[C@@H]4CCCCNC4=O)n3n2)n1. The summed E-state index contributed by atoms with van der Waals surface area (Å²) in [7, 11) is 0. The Kier molecular flexibility index (Phi) is 4.57. The Morgan fingerprint density at radius 2 is 2.00 bits per heavy atom. The molecule has 2 N–H and O–H groups in total. The van der Waals surface area contributed by atoms with Crippen LogP contribution in [0.1, 0.15) is 45.9 Å². The number of nitrogens with zero attached hydrogens (tertiary/aromatic N) is 6. The van der Waals surface area contributed by atoms with Gasteiger partial charge in [-0.3, -0.25) is 4.79 Å². The number of para-hydroxylation sites is 1. The minimum atomic E-state index is -0.386. The smallest absolute Gasteiger partial charge is 0.297 e. The Morgan fingerprint density at radius 1 is 1.16 bits per heavy atom. The van der Waals surface area contributed by atoms with Crippen LogP contribution in [0.25, 0.3) is 28.3 Å². The van der Waals surface area contributed by atoms with Crippen LogP contribution < -0.4 is 10.6 Å². The predicted molar refractivity (Wildman–Crippen MR) is 115 cm³/mol. The third-order valence-corrected chi connectivity index (χ3v) is 5.31. The second-order valence-electron chi connectivity index (χ2n) is 8.78. The molecule has 1 aromatic carbocycles. The summed E-state index contributed by atoms with van der Waals surface area (Å²) >= 11 is 0. The molecule has 1 saturated heterocycles. The average molecular weight is 420 g/mol. The van der Waals surface area contributed by atoms with Gasteiger partial charge in [0, 0.05) is 17.3 Å². The first-order chi connectivity index (χ1) is 14.9. The van der Waals surface area contributed by atoms with Crippen LogP contribution in [-0.2, 0) is 10.2 Å². The predicted octanol–water partition coefficient (Wildman–Crippen LogP) is 2.71. The van der Waals surface area contributed by atoms with Crippen LogP contribution >= 0.6 is 0 Å². The van der Waals surface area contributed by atoms with Gasteiger partial charge < -0.3 is 15.2 Å². The van der Waals surface area contributed by atoms with Crippen molar-refractivity contribution in [3.8, 4) is 11.7 Å². The van der Waals surface area contributed by atoms with Crippen LogP contribution in [0.4, 0.5) is 5.95 Å². The van der Waals surface area contributed by atoms with Gasteiger partial charge in [0.25, 0.3) is 5.89 Å². The molecule has 31 heavy (non-hydrogen) atoms. The third-order valence-electron chi connectivity index (χ3n) is 5.31. The summed E-state index contributed by atoms with van der Waals surface area (Å²) in [5, 5.41) is 15.7. The molecule has 10 nitrogen and oxygen atoms in total. The standard InChI is InChI=1S/C21H24N8O2/c1-21(2,3)19-26-18(31-28-19)15-25-16-12-8-4-5-9-13(12)23-20(29(16)27-15)24-14-10-6-7-11-22-17(14)30/h4-5,8-9,14H,6-7,10-11H2,1-3H3,(H,22,30)(H,23,24)/t14-/m1/s1. The van der Waals surface area contributed by atoms with Gasteiger partial charge in [-0.2, -0.15) is 9.50 Å². The maximum absolute atomic E-state index is 12.5. The number of hydrogen-bond acceptors (Lipinski definition) is 8. The number of rotatable bonds is 3. The monoisotopic (exact) mass is 420 g/mol. The average Bonchev–Trinajstić information content (AvgIpc) is 3.35. The second kappa shape index (κ2) is 7.29. The number of benzene rings is 1. The molecule has 1 fully saturated rings. The van der Waals surface area contributed by atoms with Gasteiger partial charge in [-0.25, -0.2) is 9.97 Å². The summed E-state index contributed by atoms with van der Waals surface area (Å²) in [6.07, 6.45) is 2.64. The molecule has 0 aliphatic carbocycles. The van der Waals surface area contributed by atoms with E-state index >= 15 is 0 Å². The van der Waals surface area contributed by atoms with E-state index < -0.39 is 0 Å². The Morgan fingerprint density at radius 3 is 2.81 bits per heavy atom. The molecule has 4 aromatic rings. The van der Waals surface area contributed by atoms with E-state index in [2.05, 4.69) is 30.9 Å². The van der Waals surface area contributed by atoms with Gasteiger partial charge in [-0.05, 0) is 31.4 Å². The molecular weight excluding hydrogens is 396 g/mol. The van der Waals surface area contributed by atoms with Gasteiger partial charge in [0.15, 0.2) is 11.5 Å². The molecule has 1 aliphatic heterocycles. The third kappa shape index (κ3) is 3.58. The fourth-order valence-corrected chi connectivity index (χ4v) is 3.59. The first-order valence-electron chi connectivity index (χ1n) is 10.4. The molecule has 0 spiro atoms. The molecule has 0 unspecified atom stereocenters. The minimum Gasteiger partial charge on any atom is -0.354 e. The Hall–Kier alpha value is -3.56. The van der Waals surface area contributed by atoms with Crippen molar-refractivity contribution in [1.82, 2.24) is 35.0 Å². The molecule has 160 valence electrons. The van der Waals surface area contributed by atoms with Crippen molar-refractivity contribution in [3.05, 3.63) is 30.1 Å². The van der Waals surface area contributed by atoms with Gasteiger partial charge >= 0.3 is 0 Å². The molecule has 3 aromatic heterocycles. The van der Waals surface area contributed by atoms with E-state index in [0.29, 0.717) is 29.8 Å². The lowest BCUT2D eigenvalue weighted by atomic mass is 9.96. The molecule has 5 rings (SSSR count). The Labute approximate surface area is 178 Å². The summed E-state index contributed by atoms with van der Waals surface area (Å²) < 4.78 is 7.05. The lowest BCUT2D eigenvalue weighted by Gasteiger charge is -2.16. The number of hydrogen-bond donors (Lipinski definition) is 2. The van der Waals surface area contributed by atoms with Gasteiger partial charge in [0.05, 0.1) is 5.52 Å². The van der Waals surface area contributed by atoms with E-state index in [1.807, 2.05) is 45.0 Å². The fourth-order valence-electron chi connectivity index (χ4n) is 3.59. The highest BCUT2D eigenvalue weighted by atomic mass is 16.5. The van der Waals surface area contributed by atoms with Crippen molar-refractivity contribution in [2.75, 3.05) is 11.9 Å². The van der Waals surface area contributed by atoms with Gasteiger partial charge in [-0.1, -0.05) is 38.1 Å². The van der Waals surface area contributed by atoms with E-state index in [1.54, 1.807) is 4.52 Å². The van der Waals surface area contributed by atoms with Crippen molar-refractivity contribution < 1.29 is 9.32 Å². The number of carbonyl (C=O) groups is 1. The zero-order valence-electron chi connectivity index (χ0n) is 17.7. The van der Waals surface area contributed by atoms with Crippen LogP contribution in [-0.4, -0.2) is 48.2 Å². The largest absolute Gasteiger partial charge is 0.354 e. The van der Waals surface area contributed by atoms with Crippen molar-refractivity contribution in [2.24, 2.45) is 0 Å². The highest BCUT2D eigenvalue weighted by molar-refractivity contribution is 5.93. The molecule has 0 radical (unpaired) electrons. The van der Waals surface area contributed by atoms with Gasteiger partial charge in [0.2, 0.25) is 17.7 Å². The van der Waals surface area contributed by atoms with E-state index in [0.717, 1.165) is 30.2 Å². The fraction of sp³-hybridized carbons (Fsp3) is 0.429. The van der Waals surface area contributed by atoms with Crippen molar-refractivity contribution >= 4 is 28.4 Å². The zero-order valence-corrected chi connectivity index (χ0v) is 17.7. The second-order valence-corrected chi connectivity index (χ2v) is 8.78. The molecule has 0 saturated carbocycles. The Bertz CT molecular complexity index is 1270. The highest BCUT2D eigenvalue weighted by Crippen LogP contribution is 2.26. The number of nitrogens with one attached hydrogen (secondary N) is 2. The van der Waals surface area contributed by atoms with E-state index in [4.69, 9.17) is 9.51 Å². The number of carbonyl (C=O) groups excluding carboxylic acids is 1. The van der Waals surface area contributed by atoms with Gasteiger partial charge in [-0.15, -0.1) is 5.10 Å². The van der Waals surface area contributed by atoms with Crippen LogP contribution in [0.15, 0.2) is 28.8 Å². The lowest BCUT2D eigenvalue weighted by molar-refractivity contribution is -0.121. The number of aromatic nitrogens is 6. The normalized spacial score (nSPS) is 17.6. The first-order valence-corrected chi connectivity index (χ1v) is 10.4. The van der Waals surface area contributed by atoms with E-state index in [1.165, 1.54) is 0 Å². The molecule has 4 heterocycles. The number of amides is 1. The quantitative estimate of drug-likeness (QED) is 0.519. The maximum atomic E-state index is 12.5. The summed E-state index contributed by atoms with van der Waals surface area (Å²) in [5.74, 6) is 1.56. The molecular formula is C21H24N8O2. The molecule has 1 aliphatic rings. The zero-order chi connectivity index (χ0) is 21.6. The summed E-state index contributed by atoms with van der Waals surface area (Å²) in [5.41, 5.74) is 1.10. The van der Waals surface area contributed by atoms with E-state index in [-0.39, 0.29) is 23.3 Å². The van der Waals surface area contributed by atoms with Crippen LogP contribution in [0, 0.1) is 0 Å².